The van der Waals surface area contributed by atoms with Crippen LogP contribution in [0.15, 0.2) is 18.2 Å². The van der Waals surface area contributed by atoms with Gasteiger partial charge in [0.1, 0.15) is 5.82 Å². The van der Waals surface area contributed by atoms with Gasteiger partial charge in [0.15, 0.2) is 0 Å². The highest BCUT2D eigenvalue weighted by atomic mass is 16.1. The molecule has 1 aromatic rings. The minimum Gasteiger partial charge on any atom is -0.370 e. The Balaban J connectivity index is 1.95. The molecular weight excluding hydrogens is 228 g/mol. The summed E-state index contributed by atoms with van der Waals surface area (Å²) in [5.41, 5.74) is 1.04. The number of pyridine rings is 1. The highest BCUT2D eigenvalue weighted by Crippen LogP contribution is 2.08. The van der Waals surface area contributed by atoms with Crippen LogP contribution < -0.4 is 10.6 Å². The lowest BCUT2D eigenvalue weighted by Gasteiger charge is -2.18. The van der Waals surface area contributed by atoms with E-state index in [1.807, 2.05) is 18.2 Å². The van der Waals surface area contributed by atoms with Gasteiger partial charge in [0, 0.05) is 39.1 Å². The first-order chi connectivity index (χ1) is 8.78. The van der Waals surface area contributed by atoms with Gasteiger partial charge in [0.05, 0.1) is 5.69 Å². The number of nitrogens with one attached hydrogen (secondary N) is 2. The van der Waals surface area contributed by atoms with Crippen molar-refractivity contribution in [3.05, 3.63) is 23.9 Å². The Bertz CT molecular complexity index is 408. The van der Waals surface area contributed by atoms with Crippen LogP contribution in [0.25, 0.3) is 0 Å². The van der Waals surface area contributed by atoms with Gasteiger partial charge in [-0.05, 0) is 19.1 Å². The van der Waals surface area contributed by atoms with Crippen molar-refractivity contribution in [3.63, 3.8) is 0 Å². The molecule has 1 amide bonds. The fraction of sp³-hybridized carbons (Fsp3) is 0.538. The molecule has 1 aromatic heterocycles. The monoisotopic (exact) mass is 248 g/mol. The second-order valence-corrected chi connectivity index (χ2v) is 4.42. The normalized spacial score (nSPS) is 17.1. The average molecular weight is 248 g/mol. The van der Waals surface area contributed by atoms with Gasteiger partial charge < -0.3 is 10.6 Å². The average Bonchev–Trinajstić information content (AvgIpc) is 2.56. The van der Waals surface area contributed by atoms with Gasteiger partial charge in [-0.15, -0.1) is 0 Å². The largest absolute Gasteiger partial charge is 0.370 e. The van der Waals surface area contributed by atoms with E-state index in [0.717, 1.165) is 44.2 Å². The predicted molar refractivity (Wildman–Crippen MR) is 71.3 cm³/mol. The number of carbonyl (C=O) groups is 1. The molecule has 2 rings (SSSR count). The number of carbonyl (C=O) groups excluding carboxylic acids is 1. The molecule has 0 aromatic carbocycles. The summed E-state index contributed by atoms with van der Waals surface area (Å²) in [5, 5.41) is 6.09. The first-order valence-electron chi connectivity index (χ1n) is 6.47. The number of anilines is 1. The highest BCUT2D eigenvalue weighted by molar-refractivity contribution is 5.76. The molecule has 0 bridgehead atoms. The third-order valence-electron chi connectivity index (χ3n) is 2.96. The first-order valence-corrected chi connectivity index (χ1v) is 6.47. The summed E-state index contributed by atoms with van der Waals surface area (Å²) in [5.74, 6) is 1.06. The summed E-state index contributed by atoms with van der Waals surface area (Å²) in [7, 11) is 0. The molecule has 1 aliphatic rings. The van der Waals surface area contributed by atoms with Crippen molar-refractivity contribution in [3.8, 4) is 0 Å². The maximum Gasteiger partial charge on any atom is 0.221 e. The van der Waals surface area contributed by atoms with Gasteiger partial charge >= 0.3 is 0 Å². The van der Waals surface area contributed by atoms with Gasteiger partial charge in [-0.1, -0.05) is 6.07 Å². The number of aromatic nitrogens is 1. The molecular formula is C13H20N4O. The standard InChI is InChI=1S/C13H20N4O/c1-2-14-12-5-3-4-11(16-12)10-17-8-6-13(18)15-7-9-17/h3-5H,2,6-10H2,1H3,(H,14,16)(H,15,18). The number of hydrogen-bond donors (Lipinski definition) is 2. The van der Waals surface area contributed by atoms with Crippen molar-refractivity contribution in [1.82, 2.24) is 15.2 Å². The SMILES string of the molecule is CCNc1cccc(CN2CCNC(=O)CC2)n1. The van der Waals surface area contributed by atoms with E-state index in [0.29, 0.717) is 6.42 Å². The van der Waals surface area contributed by atoms with Crippen LogP contribution in [-0.4, -0.2) is 42.0 Å². The molecule has 0 atom stereocenters. The van der Waals surface area contributed by atoms with Gasteiger partial charge in [0.25, 0.3) is 0 Å². The molecule has 1 aliphatic heterocycles. The van der Waals surface area contributed by atoms with Crippen molar-refractivity contribution >= 4 is 11.7 Å². The van der Waals surface area contributed by atoms with Crippen molar-refractivity contribution in [2.24, 2.45) is 0 Å². The summed E-state index contributed by atoms with van der Waals surface area (Å²) in [6.45, 7) is 6.15. The maximum absolute atomic E-state index is 11.3. The van der Waals surface area contributed by atoms with Crippen molar-refractivity contribution < 1.29 is 4.79 Å². The molecule has 18 heavy (non-hydrogen) atoms. The van der Waals surface area contributed by atoms with E-state index in [4.69, 9.17) is 0 Å². The molecule has 5 nitrogen and oxygen atoms in total. The molecule has 0 spiro atoms. The van der Waals surface area contributed by atoms with Gasteiger partial charge in [0.2, 0.25) is 5.91 Å². The number of nitrogens with zero attached hydrogens (tertiary/aromatic N) is 2. The van der Waals surface area contributed by atoms with E-state index in [-0.39, 0.29) is 5.91 Å². The second-order valence-electron chi connectivity index (χ2n) is 4.42. The Morgan fingerprint density at radius 1 is 1.44 bits per heavy atom. The van der Waals surface area contributed by atoms with Crippen molar-refractivity contribution in [1.29, 1.82) is 0 Å². The highest BCUT2D eigenvalue weighted by Gasteiger charge is 2.13. The van der Waals surface area contributed by atoms with E-state index in [9.17, 15) is 4.79 Å². The molecule has 98 valence electrons. The predicted octanol–water partition coefficient (Wildman–Crippen LogP) is 0.835. The summed E-state index contributed by atoms with van der Waals surface area (Å²) < 4.78 is 0. The van der Waals surface area contributed by atoms with Crippen LogP contribution >= 0.6 is 0 Å². The minimum atomic E-state index is 0.145. The quantitative estimate of drug-likeness (QED) is 0.829. The molecule has 0 unspecified atom stereocenters. The van der Waals surface area contributed by atoms with E-state index in [2.05, 4.69) is 27.4 Å². The van der Waals surface area contributed by atoms with E-state index in [1.54, 1.807) is 0 Å². The Hall–Kier alpha value is -1.62. The lowest BCUT2D eigenvalue weighted by atomic mass is 10.3. The van der Waals surface area contributed by atoms with Gasteiger partial charge in [-0.2, -0.15) is 0 Å². The van der Waals surface area contributed by atoms with Gasteiger partial charge in [-0.25, -0.2) is 4.98 Å². The Morgan fingerprint density at radius 3 is 3.17 bits per heavy atom. The second kappa shape index (κ2) is 6.35. The lowest BCUT2D eigenvalue weighted by Crippen LogP contribution is -2.28. The van der Waals surface area contributed by atoms with Crippen LogP contribution in [0.4, 0.5) is 5.82 Å². The maximum atomic E-state index is 11.3. The van der Waals surface area contributed by atoms with Gasteiger partial charge in [-0.3, -0.25) is 9.69 Å². The van der Waals surface area contributed by atoms with Crippen LogP contribution in [0.1, 0.15) is 19.0 Å². The fourth-order valence-electron chi connectivity index (χ4n) is 2.05. The Labute approximate surface area is 108 Å². The van der Waals surface area contributed by atoms with E-state index < -0.39 is 0 Å². The van der Waals surface area contributed by atoms with E-state index in [1.165, 1.54) is 0 Å². The Kier molecular flexibility index (Phi) is 4.52. The summed E-state index contributed by atoms with van der Waals surface area (Å²) in [6, 6.07) is 6.02. The fourth-order valence-corrected chi connectivity index (χ4v) is 2.05. The Morgan fingerprint density at radius 2 is 2.33 bits per heavy atom. The zero-order valence-electron chi connectivity index (χ0n) is 10.8. The minimum absolute atomic E-state index is 0.145. The first kappa shape index (κ1) is 12.8. The molecule has 2 heterocycles. The van der Waals surface area contributed by atoms with Crippen LogP contribution in [0.5, 0.6) is 0 Å². The lowest BCUT2D eigenvalue weighted by molar-refractivity contribution is -0.120. The molecule has 0 saturated carbocycles. The smallest absolute Gasteiger partial charge is 0.221 e. The van der Waals surface area contributed by atoms with Crippen LogP contribution in [0.2, 0.25) is 0 Å². The summed E-state index contributed by atoms with van der Waals surface area (Å²) in [4.78, 5) is 18.1. The number of rotatable bonds is 4. The molecule has 5 heteroatoms. The number of hydrogen-bond acceptors (Lipinski definition) is 4. The van der Waals surface area contributed by atoms with Crippen molar-refractivity contribution in [2.45, 2.75) is 19.9 Å². The molecule has 0 aliphatic carbocycles. The zero-order valence-corrected chi connectivity index (χ0v) is 10.8. The van der Waals surface area contributed by atoms with Crippen LogP contribution in [0, 0.1) is 0 Å². The van der Waals surface area contributed by atoms with E-state index >= 15 is 0 Å². The molecule has 1 saturated heterocycles. The third kappa shape index (κ3) is 3.70. The molecule has 0 radical (unpaired) electrons. The van der Waals surface area contributed by atoms with Crippen LogP contribution in [-0.2, 0) is 11.3 Å². The van der Waals surface area contributed by atoms with Crippen molar-refractivity contribution in [2.75, 3.05) is 31.5 Å². The number of amides is 1. The zero-order chi connectivity index (χ0) is 12.8. The molecule has 2 N–H and O–H groups in total. The summed E-state index contributed by atoms with van der Waals surface area (Å²) in [6.07, 6.45) is 0.576. The molecule has 1 fully saturated rings. The topological polar surface area (TPSA) is 57.3 Å². The van der Waals surface area contributed by atoms with Crippen LogP contribution in [0.3, 0.4) is 0 Å². The third-order valence-corrected chi connectivity index (χ3v) is 2.96. The summed E-state index contributed by atoms with van der Waals surface area (Å²) >= 11 is 0.